The van der Waals surface area contributed by atoms with Crippen LogP contribution in [0, 0.1) is 11.3 Å². The third-order valence-electron chi connectivity index (χ3n) is 3.30. The number of carbonyl (C=O) groups excluding carboxylic acids is 1. The quantitative estimate of drug-likeness (QED) is 0.501. The fraction of sp³-hybridized carbons (Fsp3) is 0.167. The number of nitrogens with one attached hydrogen (secondary N) is 3. The smallest absolute Gasteiger partial charge is 0.387 e. The zero-order valence-electron chi connectivity index (χ0n) is 14.6. The Hall–Kier alpha value is -3.45. The minimum Gasteiger partial charge on any atom is -0.481 e. The van der Waals surface area contributed by atoms with Gasteiger partial charge in [0.05, 0.1) is 11.6 Å². The van der Waals surface area contributed by atoms with Gasteiger partial charge in [0.15, 0.2) is 11.2 Å². The van der Waals surface area contributed by atoms with E-state index in [1.165, 1.54) is 24.3 Å². The van der Waals surface area contributed by atoms with Crippen molar-refractivity contribution in [3.63, 3.8) is 0 Å². The zero-order valence-corrected chi connectivity index (χ0v) is 15.4. The SMILES string of the molecule is C[C@H](Oc1ccc(C#N)cc1)C(=O)NNC(=S)Nc1ccc(OC(F)F)cc1. The van der Waals surface area contributed by atoms with Crippen molar-refractivity contribution < 1.29 is 23.0 Å². The van der Waals surface area contributed by atoms with Gasteiger partial charge in [-0.2, -0.15) is 14.0 Å². The van der Waals surface area contributed by atoms with E-state index < -0.39 is 18.6 Å². The number of ether oxygens (including phenoxy) is 2. The molecule has 0 saturated carbocycles. The van der Waals surface area contributed by atoms with Gasteiger partial charge in [0.25, 0.3) is 5.91 Å². The van der Waals surface area contributed by atoms with Crippen molar-refractivity contribution in [1.82, 2.24) is 10.9 Å². The number of nitrogens with zero attached hydrogens (tertiary/aromatic N) is 1. The Labute approximate surface area is 165 Å². The van der Waals surface area contributed by atoms with Crippen molar-refractivity contribution in [2.75, 3.05) is 5.32 Å². The second-order valence-corrected chi connectivity index (χ2v) is 5.78. The van der Waals surface area contributed by atoms with Gasteiger partial charge in [0.1, 0.15) is 11.5 Å². The van der Waals surface area contributed by atoms with E-state index in [1.807, 2.05) is 6.07 Å². The lowest BCUT2D eigenvalue weighted by molar-refractivity contribution is -0.127. The first-order valence-electron chi connectivity index (χ1n) is 7.96. The van der Waals surface area contributed by atoms with Gasteiger partial charge in [-0.05, 0) is 67.7 Å². The summed E-state index contributed by atoms with van der Waals surface area (Å²) >= 11 is 5.04. The van der Waals surface area contributed by atoms with Gasteiger partial charge < -0.3 is 14.8 Å². The molecule has 0 bridgehead atoms. The minimum atomic E-state index is -2.90. The van der Waals surface area contributed by atoms with Crippen molar-refractivity contribution >= 4 is 28.9 Å². The molecule has 2 rings (SSSR count). The monoisotopic (exact) mass is 406 g/mol. The van der Waals surface area contributed by atoms with Gasteiger partial charge in [-0.1, -0.05) is 0 Å². The number of thiocarbonyl (C=S) groups is 1. The molecule has 7 nitrogen and oxygen atoms in total. The van der Waals surface area contributed by atoms with Crippen molar-refractivity contribution in [2.45, 2.75) is 19.6 Å². The zero-order chi connectivity index (χ0) is 20.5. The minimum absolute atomic E-state index is 0.0153. The molecule has 1 atom stereocenters. The fourth-order valence-electron chi connectivity index (χ4n) is 1.97. The molecule has 0 aliphatic heterocycles. The van der Waals surface area contributed by atoms with Crippen LogP contribution < -0.4 is 25.6 Å². The summed E-state index contributed by atoms with van der Waals surface area (Å²) in [6.07, 6.45) is -0.825. The van der Waals surface area contributed by atoms with E-state index in [9.17, 15) is 13.6 Å². The summed E-state index contributed by atoms with van der Waals surface area (Å²) < 4.78 is 33.9. The molecule has 0 aromatic heterocycles. The van der Waals surface area contributed by atoms with Crippen molar-refractivity contribution in [2.24, 2.45) is 0 Å². The van der Waals surface area contributed by atoms with Crippen LogP contribution in [0.2, 0.25) is 0 Å². The first-order chi connectivity index (χ1) is 13.4. The van der Waals surface area contributed by atoms with E-state index in [-0.39, 0.29) is 10.9 Å². The van der Waals surface area contributed by atoms with Crippen LogP contribution in [0.3, 0.4) is 0 Å². The molecule has 28 heavy (non-hydrogen) atoms. The molecule has 0 aliphatic rings. The predicted molar refractivity (Wildman–Crippen MR) is 102 cm³/mol. The second-order valence-electron chi connectivity index (χ2n) is 5.37. The van der Waals surface area contributed by atoms with E-state index in [1.54, 1.807) is 31.2 Å². The highest BCUT2D eigenvalue weighted by Crippen LogP contribution is 2.17. The van der Waals surface area contributed by atoms with E-state index >= 15 is 0 Å². The van der Waals surface area contributed by atoms with Crippen LogP contribution >= 0.6 is 12.2 Å². The molecule has 2 aromatic rings. The second kappa shape index (κ2) is 10.0. The van der Waals surface area contributed by atoms with Crippen molar-refractivity contribution in [3.8, 4) is 17.6 Å². The van der Waals surface area contributed by atoms with Crippen molar-refractivity contribution in [1.29, 1.82) is 5.26 Å². The number of hydrazine groups is 1. The molecule has 0 radical (unpaired) electrons. The number of nitriles is 1. The highest BCUT2D eigenvalue weighted by atomic mass is 32.1. The number of hydrogen-bond donors (Lipinski definition) is 3. The Bertz CT molecular complexity index is 855. The van der Waals surface area contributed by atoms with Gasteiger partial charge in [-0.25, -0.2) is 0 Å². The fourth-order valence-corrected chi connectivity index (χ4v) is 2.14. The van der Waals surface area contributed by atoms with E-state index in [2.05, 4.69) is 20.9 Å². The molecule has 0 aliphatic carbocycles. The van der Waals surface area contributed by atoms with Crippen LogP contribution in [0.25, 0.3) is 0 Å². The third kappa shape index (κ3) is 6.69. The molecule has 0 heterocycles. The summed E-state index contributed by atoms with van der Waals surface area (Å²) in [5.41, 5.74) is 5.89. The summed E-state index contributed by atoms with van der Waals surface area (Å²) in [7, 11) is 0. The molecule has 0 spiro atoms. The van der Waals surface area contributed by atoms with Crippen LogP contribution in [0.5, 0.6) is 11.5 Å². The Kier molecular flexibility index (Phi) is 7.47. The highest BCUT2D eigenvalue weighted by Gasteiger charge is 2.15. The van der Waals surface area contributed by atoms with Crippen LogP contribution in [0.1, 0.15) is 12.5 Å². The Morgan fingerprint density at radius 2 is 1.61 bits per heavy atom. The van der Waals surface area contributed by atoms with Gasteiger partial charge in [-0.15, -0.1) is 0 Å². The number of benzene rings is 2. The first kappa shape index (κ1) is 20.9. The molecule has 1 amide bonds. The number of halogens is 2. The number of rotatable bonds is 6. The number of anilines is 1. The average molecular weight is 406 g/mol. The molecule has 3 N–H and O–H groups in total. The number of alkyl halides is 2. The Morgan fingerprint density at radius 3 is 2.18 bits per heavy atom. The number of carbonyl (C=O) groups is 1. The van der Waals surface area contributed by atoms with E-state index in [0.717, 1.165) is 0 Å². The lowest BCUT2D eigenvalue weighted by Crippen LogP contribution is -2.48. The maximum atomic E-state index is 12.1. The molecule has 0 unspecified atom stereocenters. The summed E-state index contributed by atoms with van der Waals surface area (Å²) in [6.45, 7) is -1.35. The lowest BCUT2D eigenvalue weighted by atomic mass is 10.2. The largest absolute Gasteiger partial charge is 0.481 e. The molecule has 146 valence electrons. The van der Waals surface area contributed by atoms with Gasteiger partial charge in [-0.3, -0.25) is 15.6 Å². The van der Waals surface area contributed by atoms with Gasteiger partial charge in [0.2, 0.25) is 0 Å². The average Bonchev–Trinajstić information content (AvgIpc) is 2.67. The first-order valence-corrected chi connectivity index (χ1v) is 8.36. The van der Waals surface area contributed by atoms with Crippen molar-refractivity contribution in [3.05, 3.63) is 54.1 Å². The molecule has 0 saturated heterocycles. The maximum absolute atomic E-state index is 12.1. The third-order valence-corrected chi connectivity index (χ3v) is 3.51. The van der Waals surface area contributed by atoms with Gasteiger partial charge in [0, 0.05) is 5.69 Å². The number of amides is 1. The van der Waals surface area contributed by atoms with Crippen LogP contribution in [0.4, 0.5) is 14.5 Å². The summed E-state index contributed by atoms with van der Waals surface area (Å²) in [6, 6.07) is 14.0. The molecule has 10 heteroatoms. The predicted octanol–water partition coefficient (Wildman–Crippen LogP) is 2.94. The van der Waals surface area contributed by atoms with Crippen LogP contribution in [-0.2, 0) is 4.79 Å². The van der Waals surface area contributed by atoms with E-state index in [0.29, 0.717) is 17.0 Å². The Balaban J connectivity index is 1.77. The molecular weight excluding hydrogens is 390 g/mol. The standard InChI is InChI=1S/C18H16F2N4O3S/c1-11(26-14-6-2-12(10-21)3-7-14)16(25)23-24-18(28)22-13-4-8-15(9-5-13)27-17(19)20/h2-9,11,17H,1H3,(H,23,25)(H2,22,24,28)/t11-/m0/s1. The summed E-state index contributed by atoms with van der Waals surface area (Å²) in [4.78, 5) is 12.0. The maximum Gasteiger partial charge on any atom is 0.387 e. The van der Waals surface area contributed by atoms with E-state index in [4.69, 9.17) is 22.2 Å². The highest BCUT2D eigenvalue weighted by molar-refractivity contribution is 7.80. The lowest BCUT2D eigenvalue weighted by Gasteiger charge is -2.16. The topological polar surface area (TPSA) is 95.4 Å². The van der Waals surface area contributed by atoms with Gasteiger partial charge >= 0.3 is 6.61 Å². The molecule has 0 fully saturated rings. The van der Waals surface area contributed by atoms with Crippen LogP contribution in [0.15, 0.2) is 48.5 Å². The Morgan fingerprint density at radius 1 is 1.04 bits per heavy atom. The summed E-state index contributed by atoms with van der Waals surface area (Å²) in [5, 5.41) is 11.6. The normalized spacial score (nSPS) is 11.1. The number of hydrogen-bond acceptors (Lipinski definition) is 5. The summed E-state index contributed by atoms with van der Waals surface area (Å²) in [5.74, 6) is -0.0239. The van der Waals surface area contributed by atoms with Crippen LogP contribution in [-0.4, -0.2) is 23.7 Å². The molecular formula is C18H16F2N4O3S. The molecule has 2 aromatic carbocycles.